The van der Waals surface area contributed by atoms with E-state index in [1.54, 1.807) is 12.1 Å². The van der Waals surface area contributed by atoms with Crippen LogP contribution in [0.3, 0.4) is 0 Å². The number of H-pyrrole nitrogens is 1. The number of halogens is 2. The maximum atomic E-state index is 11.4. The topological polar surface area (TPSA) is 55.0 Å². The van der Waals surface area contributed by atoms with Gasteiger partial charge in [0.25, 0.3) is 5.56 Å². The number of hydrogen-bond acceptors (Lipinski definition) is 3. The highest BCUT2D eigenvalue weighted by Gasteiger charge is 2.12. The Bertz CT molecular complexity index is 632. The van der Waals surface area contributed by atoms with Crippen molar-refractivity contribution < 1.29 is 4.74 Å². The molecule has 0 saturated heterocycles. The number of nitrogens with one attached hydrogen (secondary N) is 1. The maximum absolute atomic E-state index is 11.4. The molecule has 0 radical (unpaired) electrons. The van der Waals surface area contributed by atoms with Gasteiger partial charge < -0.3 is 9.72 Å². The van der Waals surface area contributed by atoms with Crippen molar-refractivity contribution >= 4 is 27.5 Å². The summed E-state index contributed by atoms with van der Waals surface area (Å²) in [5.74, 6) is 0.880. The standard InChI is InChI=1S/C12H10BrClN2O2/c1-6-3-8(14)4-7(2)10(6)18-12-9(13)11(17)15-5-16-12/h3-5H,1-2H3,(H,15,16,17). The minimum atomic E-state index is -0.288. The number of ether oxygens (including phenoxy) is 1. The molecule has 18 heavy (non-hydrogen) atoms. The smallest absolute Gasteiger partial charge is 0.268 e. The van der Waals surface area contributed by atoms with Gasteiger partial charge in [-0.3, -0.25) is 4.79 Å². The molecule has 0 amide bonds. The molecule has 94 valence electrons. The molecule has 6 heteroatoms. The SMILES string of the molecule is Cc1cc(Cl)cc(C)c1Oc1nc[nH]c(=O)c1Br. The lowest BCUT2D eigenvalue weighted by Crippen LogP contribution is -2.08. The number of aromatic amines is 1. The molecule has 0 atom stereocenters. The molecule has 2 aromatic rings. The van der Waals surface area contributed by atoms with Crippen LogP contribution in [-0.4, -0.2) is 9.97 Å². The second kappa shape index (κ2) is 5.12. The molecule has 0 saturated carbocycles. The highest BCUT2D eigenvalue weighted by Crippen LogP contribution is 2.32. The average Bonchev–Trinajstić information content (AvgIpc) is 2.28. The zero-order valence-corrected chi connectivity index (χ0v) is 12.1. The average molecular weight is 330 g/mol. The molecule has 0 bridgehead atoms. The van der Waals surface area contributed by atoms with E-state index in [4.69, 9.17) is 16.3 Å². The highest BCUT2D eigenvalue weighted by atomic mass is 79.9. The van der Waals surface area contributed by atoms with Crippen LogP contribution >= 0.6 is 27.5 Å². The van der Waals surface area contributed by atoms with E-state index >= 15 is 0 Å². The largest absolute Gasteiger partial charge is 0.437 e. The van der Waals surface area contributed by atoms with Crippen LogP contribution < -0.4 is 10.3 Å². The third-order valence-corrected chi connectivity index (χ3v) is 3.31. The summed E-state index contributed by atoms with van der Waals surface area (Å²) in [4.78, 5) is 17.8. The summed E-state index contributed by atoms with van der Waals surface area (Å²) in [6.07, 6.45) is 1.29. The van der Waals surface area contributed by atoms with Crippen LogP contribution in [0, 0.1) is 13.8 Å². The Labute approximate surface area is 117 Å². The fourth-order valence-electron chi connectivity index (χ4n) is 1.59. The molecule has 1 aromatic heterocycles. The Hall–Kier alpha value is -1.33. The van der Waals surface area contributed by atoms with E-state index in [1.165, 1.54) is 6.33 Å². The number of aromatic nitrogens is 2. The van der Waals surface area contributed by atoms with Crippen LogP contribution in [0.4, 0.5) is 0 Å². The van der Waals surface area contributed by atoms with Crippen LogP contribution in [0.15, 0.2) is 27.7 Å². The number of nitrogens with zero attached hydrogens (tertiary/aromatic N) is 1. The molecule has 1 N–H and O–H groups in total. The maximum Gasteiger partial charge on any atom is 0.268 e. The van der Waals surface area contributed by atoms with Crippen molar-refractivity contribution in [3.8, 4) is 11.6 Å². The normalized spacial score (nSPS) is 10.4. The summed E-state index contributed by atoms with van der Waals surface area (Å²) >= 11 is 9.09. The number of hydrogen-bond donors (Lipinski definition) is 1. The predicted octanol–water partition coefficient (Wildman–Crippen LogP) is 3.59. The van der Waals surface area contributed by atoms with Gasteiger partial charge in [0.2, 0.25) is 5.88 Å². The van der Waals surface area contributed by atoms with E-state index in [0.717, 1.165) is 11.1 Å². The molecule has 0 spiro atoms. The molecule has 0 aliphatic heterocycles. The molecule has 0 aliphatic carbocycles. The van der Waals surface area contributed by atoms with Gasteiger partial charge in [-0.25, -0.2) is 4.98 Å². The first-order chi connectivity index (χ1) is 8.49. The van der Waals surface area contributed by atoms with Gasteiger partial charge in [0, 0.05) is 5.02 Å². The van der Waals surface area contributed by atoms with Crippen molar-refractivity contribution in [1.29, 1.82) is 0 Å². The van der Waals surface area contributed by atoms with Gasteiger partial charge in [-0.1, -0.05) is 11.6 Å². The molecular weight excluding hydrogens is 320 g/mol. The summed E-state index contributed by atoms with van der Waals surface area (Å²) in [5.41, 5.74) is 1.48. The van der Waals surface area contributed by atoms with Crippen LogP contribution in [0.5, 0.6) is 11.6 Å². The van der Waals surface area contributed by atoms with Crippen molar-refractivity contribution in [2.24, 2.45) is 0 Å². The summed E-state index contributed by atoms with van der Waals surface area (Å²) in [7, 11) is 0. The lowest BCUT2D eigenvalue weighted by atomic mass is 10.1. The minimum Gasteiger partial charge on any atom is -0.437 e. The van der Waals surface area contributed by atoms with Gasteiger partial charge in [0.05, 0.1) is 6.33 Å². The molecule has 4 nitrogen and oxygen atoms in total. The Morgan fingerprint density at radius 3 is 2.56 bits per heavy atom. The second-order valence-electron chi connectivity index (χ2n) is 3.82. The molecule has 1 heterocycles. The third kappa shape index (κ3) is 2.57. The van der Waals surface area contributed by atoms with Gasteiger partial charge in [-0.15, -0.1) is 0 Å². The summed E-state index contributed by atoms with van der Waals surface area (Å²) < 4.78 is 5.93. The second-order valence-corrected chi connectivity index (χ2v) is 5.05. The molecule has 1 aromatic carbocycles. The lowest BCUT2D eigenvalue weighted by Gasteiger charge is -2.11. The Kier molecular flexibility index (Phi) is 3.73. The van der Waals surface area contributed by atoms with E-state index in [0.29, 0.717) is 10.8 Å². The monoisotopic (exact) mass is 328 g/mol. The summed E-state index contributed by atoms with van der Waals surface area (Å²) in [6.45, 7) is 3.77. The van der Waals surface area contributed by atoms with Crippen molar-refractivity contribution in [2.45, 2.75) is 13.8 Å². The molecule has 0 unspecified atom stereocenters. The molecule has 2 rings (SSSR count). The van der Waals surface area contributed by atoms with Gasteiger partial charge >= 0.3 is 0 Å². The Morgan fingerprint density at radius 2 is 1.94 bits per heavy atom. The minimum absolute atomic E-state index is 0.229. The van der Waals surface area contributed by atoms with Crippen molar-refractivity contribution in [2.75, 3.05) is 0 Å². The van der Waals surface area contributed by atoms with Crippen molar-refractivity contribution in [1.82, 2.24) is 9.97 Å². The van der Waals surface area contributed by atoms with E-state index in [2.05, 4.69) is 25.9 Å². The number of rotatable bonds is 2. The zero-order valence-electron chi connectivity index (χ0n) is 9.75. The van der Waals surface area contributed by atoms with Gasteiger partial charge in [-0.2, -0.15) is 0 Å². The van der Waals surface area contributed by atoms with Crippen LogP contribution in [0.2, 0.25) is 5.02 Å². The fourth-order valence-corrected chi connectivity index (χ4v) is 2.22. The van der Waals surface area contributed by atoms with Gasteiger partial charge in [0.1, 0.15) is 10.2 Å². The first-order valence-corrected chi connectivity index (χ1v) is 6.34. The van der Waals surface area contributed by atoms with Crippen LogP contribution in [0.25, 0.3) is 0 Å². The first-order valence-electron chi connectivity index (χ1n) is 5.17. The Morgan fingerprint density at radius 1 is 1.33 bits per heavy atom. The number of aryl methyl sites for hydroxylation is 2. The zero-order chi connectivity index (χ0) is 13.3. The van der Waals surface area contributed by atoms with Gasteiger partial charge in [0.15, 0.2) is 0 Å². The van der Waals surface area contributed by atoms with E-state index in [9.17, 15) is 4.79 Å². The van der Waals surface area contributed by atoms with E-state index in [1.807, 2.05) is 13.8 Å². The third-order valence-electron chi connectivity index (χ3n) is 2.39. The highest BCUT2D eigenvalue weighted by molar-refractivity contribution is 9.10. The quantitative estimate of drug-likeness (QED) is 0.916. The first kappa shape index (κ1) is 13.1. The Balaban J connectivity index is 2.47. The lowest BCUT2D eigenvalue weighted by molar-refractivity contribution is 0.450. The van der Waals surface area contributed by atoms with E-state index < -0.39 is 0 Å². The van der Waals surface area contributed by atoms with E-state index in [-0.39, 0.29) is 15.9 Å². The number of benzene rings is 1. The van der Waals surface area contributed by atoms with Gasteiger partial charge in [-0.05, 0) is 53.0 Å². The van der Waals surface area contributed by atoms with Crippen molar-refractivity contribution in [3.05, 3.63) is 49.4 Å². The predicted molar refractivity (Wildman–Crippen MR) is 73.6 cm³/mol. The van der Waals surface area contributed by atoms with Crippen molar-refractivity contribution in [3.63, 3.8) is 0 Å². The summed E-state index contributed by atoms with van der Waals surface area (Å²) in [5, 5.41) is 0.648. The van der Waals surface area contributed by atoms with Crippen LogP contribution in [0.1, 0.15) is 11.1 Å². The summed E-state index contributed by atoms with van der Waals surface area (Å²) in [6, 6.07) is 3.59. The molecule has 0 fully saturated rings. The fraction of sp³-hybridized carbons (Fsp3) is 0.167. The molecular formula is C12H10BrClN2O2. The molecule has 0 aliphatic rings. The van der Waals surface area contributed by atoms with Crippen LogP contribution in [-0.2, 0) is 0 Å².